The van der Waals surface area contributed by atoms with Crippen LogP contribution in [0.15, 0.2) is 72.2 Å². The van der Waals surface area contributed by atoms with Crippen LogP contribution in [-0.4, -0.2) is 39.2 Å². The average Bonchev–Trinajstić information content (AvgIpc) is 3.76. The van der Waals surface area contributed by atoms with Gasteiger partial charge < -0.3 is 4.74 Å². The highest BCUT2D eigenvalue weighted by Crippen LogP contribution is 2.62. The van der Waals surface area contributed by atoms with Crippen molar-refractivity contribution < 1.29 is 9.53 Å². The maximum Gasteiger partial charge on any atom is 0.262 e. The third-order valence-electron chi connectivity index (χ3n) is 9.22. The summed E-state index contributed by atoms with van der Waals surface area (Å²) in [5.41, 5.74) is 4.12. The van der Waals surface area contributed by atoms with Crippen molar-refractivity contribution in [1.82, 2.24) is 14.9 Å². The number of aliphatic imine (C=N–C) groups is 1. The maximum absolute atomic E-state index is 15.0. The van der Waals surface area contributed by atoms with E-state index in [4.69, 9.17) is 9.73 Å². The number of nitrogens with zero attached hydrogens (tertiary/aromatic N) is 4. The first kappa shape index (κ1) is 26.4. The maximum atomic E-state index is 15.0. The molecule has 3 aromatic rings. The molecule has 7 rings (SSSR count). The van der Waals surface area contributed by atoms with Crippen molar-refractivity contribution in [2.75, 3.05) is 7.11 Å². The minimum absolute atomic E-state index is 0.0805. The Morgan fingerprint density at radius 1 is 1.02 bits per heavy atom. The van der Waals surface area contributed by atoms with Crippen molar-refractivity contribution >= 4 is 22.8 Å². The summed E-state index contributed by atoms with van der Waals surface area (Å²) >= 11 is 1.62. The number of fused-ring (bicyclic) bond motifs is 3. The Morgan fingerprint density at radius 3 is 2.46 bits per heavy atom. The first-order valence-electron chi connectivity index (χ1n) is 14.6. The molecule has 0 saturated heterocycles. The van der Waals surface area contributed by atoms with Gasteiger partial charge in [0.1, 0.15) is 0 Å². The van der Waals surface area contributed by atoms with Crippen molar-refractivity contribution in [2.45, 2.75) is 68.9 Å². The monoisotopic (exact) mass is 562 g/mol. The van der Waals surface area contributed by atoms with E-state index in [1.807, 2.05) is 35.5 Å². The molecule has 0 N–H and O–H groups in total. The zero-order valence-corrected chi connectivity index (χ0v) is 24.2. The van der Waals surface area contributed by atoms with Gasteiger partial charge in [-0.3, -0.25) is 19.7 Å². The number of hydrogen-bond acceptors (Lipinski definition) is 6. The van der Waals surface area contributed by atoms with Crippen LogP contribution in [0.5, 0.6) is 0 Å². The normalized spacial score (nSPS) is 26.7. The van der Waals surface area contributed by atoms with E-state index >= 15 is 4.79 Å². The molecule has 3 heterocycles. The predicted octanol–water partition coefficient (Wildman–Crippen LogP) is 5.90. The number of ether oxygens (including phenoxy) is 1. The van der Waals surface area contributed by atoms with Crippen molar-refractivity contribution in [3.63, 3.8) is 0 Å². The van der Waals surface area contributed by atoms with E-state index in [9.17, 15) is 0 Å². The highest BCUT2D eigenvalue weighted by molar-refractivity contribution is 8.13. The summed E-state index contributed by atoms with van der Waals surface area (Å²) in [6, 6.07) is 14.5. The van der Waals surface area contributed by atoms with Crippen LogP contribution in [0.3, 0.4) is 0 Å². The number of thioether (sulfide) groups is 1. The summed E-state index contributed by atoms with van der Waals surface area (Å²) in [6.07, 6.45) is 14.4. The topological polar surface area (TPSA) is 67.7 Å². The smallest absolute Gasteiger partial charge is 0.262 e. The van der Waals surface area contributed by atoms with Crippen molar-refractivity contribution in [3.05, 3.63) is 95.1 Å². The minimum atomic E-state index is -0.961. The number of hydrogen-bond donors (Lipinski definition) is 0. The Bertz CT molecular complexity index is 1540. The van der Waals surface area contributed by atoms with Crippen molar-refractivity contribution in [3.8, 4) is 11.8 Å². The van der Waals surface area contributed by atoms with Gasteiger partial charge in [0.2, 0.25) is 0 Å². The quantitative estimate of drug-likeness (QED) is 0.363. The van der Waals surface area contributed by atoms with Crippen LogP contribution >= 0.6 is 11.8 Å². The van der Waals surface area contributed by atoms with Gasteiger partial charge in [-0.05, 0) is 91.5 Å². The molecule has 41 heavy (non-hydrogen) atoms. The van der Waals surface area contributed by atoms with Crippen molar-refractivity contribution in [2.24, 2.45) is 16.3 Å². The Morgan fingerprint density at radius 2 is 1.78 bits per heavy atom. The molecule has 6 nitrogen and oxygen atoms in total. The largest absolute Gasteiger partial charge is 0.381 e. The number of carbonyl (C=O) groups excluding carboxylic acids is 1. The van der Waals surface area contributed by atoms with Crippen LogP contribution in [0.1, 0.15) is 66.3 Å². The van der Waals surface area contributed by atoms with Gasteiger partial charge >= 0.3 is 0 Å². The minimum Gasteiger partial charge on any atom is -0.381 e. The summed E-state index contributed by atoms with van der Waals surface area (Å²) in [6.45, 7) is 0.445. The molecular formula is C34H34N4O2S. The summed E-state index contributed by atoms with van der Waals surface area (Å²) in [7, 11) is 1.80. The second-order valence-electron chi connectivity index (χ2n) is 11.8. The van der Waals surface area contributed by atoms with Gasteiger partial charge in [-0.25, -0.2) is 4.99 Å². The fraction of sp³-hybridized carbons (Fsp3) is 0.412. The van der Waals surface area contributed by atoms with Gasteiger partial charge in [0.05, 0.1) is 12.6 Å². The zero-order valence-electron chi connectivity index (χ0n) is 23.4. The second-order valence-corrected chi connectivity index (χ2v) is 12.8. The van der Waals surface area contributed by atoms with E-state index in [1.165, 1.54) is 18.4 Å². The molecule has 4 aliphatic rings. The third kappa shape index (κ3) is 4.77. The average molecular weight is 563 g/mol. The highest BCUT2D eigenvalue weighted by atomic mass is 32.2. The third-order valence-corrected chi connectivity index (χ3v) is 10.3. The number of aromatic nitrogens is 2. The number of rotatable bonds is 5. The molecule has 7 heteroatoms. The molecule has 2 saturated carbocycles. The predicted molar refractivity (Wildman–Crippen MR) is 161 cm³/mol. The summed E-state index contributed by atoms with van der Waals surface area (Å²) < 4.78 is 5.77. The van der Waals surface area contributed by atoms with E-state index in [-0.39, 0.29) is 17.4 Å². The standard InChI is InChI=1S/C34H34N4O2S/c1-40-29-12-14-33(15-13-29)19-28-11-10-25(9-8-24-6-7-24)18-30(28)34(33)31(39)38(22-26-4-2-16-35-20-26)32(37-34)41-23-27-5-3-17-36-21-27/h2-5,10-11,16-18,20-21,24,29H,6-7,12-15,19,22-23H2,1H3. The number of methoxy groups -OCH3 is 1. The Labute approximate surface area is 246 Å². The molecule has 1 unspecified atom stereocenters. The Balaban J connectivity index is 1.34. The van der Waals surface area contributed by atoms with Gasteiger partial charge in [-0.2, -0.15) is 0 Å². The number of carbonyl (C=O) groups is 1. The van der Waals surface area contributed by atoms with Gasteiger partial charge in [-0.1, -0.05) is 41.8 Å². The van der Waals surface area contributed by atoms with Gasteiger partial charge in [0, 0.05) is 54.5 Å². The molecule has 2 spiro atoms. The Kier molecular flexibility index (Phi) is 6.92. The van der Waals surface area contributed by atoms with E-state index < -0.39 is 5.54 Å². The lowest BCUT2D eigenvalue weighted by molar-refractivity contribution is -0.138. The molecule has 3 aliphatic carbocycles. The number of pyridine rings is 2. The summed E-state index contributed by atoms with van der Waals surface area (Å²) in [4.78, 5) is 31.1. The van der Waals surface area contributed by atoms with Crippen LogP contribution in [0.25, 0.3) is 0 Å². The Hall–Kier alpha value is -3.47. The zero-order chi connectivity index (χ0) is 27.9. The fourth-order valence-electron chi connectivity index (χ4n) is 6.86. The van der Waals surface area contributed by atoms with Crippen LogP contribution in [-0.2, 0) is 33.8 Å². The van der Waals surface area contributed by atoms with E-state index in [2.05, 4.69) is 46.1 Å². The number of benzene rings is 1. The SMILES string of the molecule is COC1CCC2(CC1)Cc1ccc(C#CC3CC3)cc1C21N=C(SCc2cccnc2)N(Cc2cccnc2)C1=O. The molecule has 1 atom stereocenters. The first-order valence-corrected chi connectivity index (χ1v) is 15.6. The molecular weight excluding hydrogens is 528 g/mol. The fourth-order valence-corrected chi connectivity index (χ4v) is 7.84. The van der Waals surface area contributed by atoms with E-state index in [1.54, 1.807) is 31.3 Å². The highest BCUT2D eigenvalue weighted by Gasteiger charge is 2.66. The van der Waals surface area contributed by atoms with Gasteiger partial charge in [0.15, 0.2) is 10.7 Å². The lowest BCUT2D eigenvalue weighted by atomic mass is 9.61. The molecule has 0 bridgehead atoms. The number of amidine groups is 1. The molecule has 0 radical (unpaired) electrons. The van der Waals surface area contributed by atoms with E-state index in [0.29, 0.717) is 18.2 Å². The lowest BCUT2D eigenvalue weighted by Crippen LogP contribution is -2.51. The van der Waals surface area contributed by atoms with Gasteiger partial charge in [-0.15, -0.1) is 0 Å². The van der Waals surface area contributed by atoms with Crippen LogP contribution in [0.2, 0.25) is 0 Å². The molecule has 1 aromatic carbocycles. The molecule has 208 valence electrons. The summed E-state index contributed by atoms with van der Waals surface area (Å²) in [5.74, 6) is 8.11. The second kappa shape index (κ2) is 10.7. The van der Waals surface area contributed by atoms with Crippen LogP contribution in [0, 0.1) is 23.2 Å². The van der Waals surface area contributed by atoms with Crippen LogP contribution < -0.4 is 0 Å². The molecule has 1 amide bonds. The van der Waals surface area contributed by atoms with Crippen LogP contribution in [0.4, 0.5) is 0 Å². The molecule has 2 aromatic heterocycles. The summed E-state index contributed by atoms with van der Waals surface area (Å²) in [5, 5.41) is 0.776. The first-order chi connectivity index (χ1) is 20.1. The number of amides is 1. The van der Waals surface area contributed by atoms with Gasteiger partial charge in [0.25, 0.3) is 5.91 Å². The molecule has 1 aliphatic heterocycles. The van der Waals surface area contributed by atoms with E-state index in [0.717, 1.165) is 59.5 Å². The lowest BCUT2D eigenvalue weighted by Gasteiger charge is -2.45. The van der Waals surface area contributed by atoms with Crippen molar-refractivity contribution in [1.29, 1.82) is 0 Å². The molecule has 2 fully saturated rings.